The summed E-state index contributed by atoms with van der Waals surface area (Å²) in [4.78, 5) is 0. The van der Waals surface area contributed by atoms with E-state index in [9.17, 15) is 8.42 Å². The zero-order valence-corrected chi connectivity index (χ0v) is 11.5. The van der Waals surface area contributed by atoms with Crippen molar-refractivity contribution in [2.75, 3.05) is 6.54 Å². The lowest BCUT2D eigenvalue weighted by Gasteiger charge is -2.19. The normalized spacial score (nSPS) is 23.5. The van der Waals surface area contributed by atoms with E-state index in [0.29, 0.717) is 10.8 Å². The first-order valence-corrected chi connectivity index (χ1v) is 7.84. The van der Waals surface area contributed by atoms with Crippen molar-refractivity contribution < 1.29 is 8.42 Å². The lowest BCUT2D eigenvalue weighted by molar-refractivity contribution is 0.409. The first-order chi connectivity index (χ1) is 7.01. The third kappa shape index (κ3) is 2.13. The molecule has 1 saturated heterocycles. The standard InChI is InChI=1S/C9H12BrNO2S2/c1-7-3-2-6-11(7)15(12,13)9-5-4-8(10)14-9/h4-5,7H,2-3,6H2,1H3/t7-/m1/s1. The van der Waals surface area contributed by atoms with E-state index in [4.69, 9.17) is 0 Å². The van der Waals surface area contributed by atoms with E-state index in [1.807, 2.05) is 6.92 Å². The van der Waals surface area contributed by atoms with Gasteiger partial charge in [-0.25, -0.2) is 8.42 Å². The molecule has 1 aromatic heterocycles. The summed E-state index contributed by atoms with van der Waals surface area (Å²) in [6.07, 6.45) is 1.93. The maximum atomic E-state index is 12.2. The van der Waals surface area contributed by atoms with Crippen LogP contribution in [0.15, 0.2) is 20.1 Å². The molecule has 1 aliphatic heterocycles. The number of halogens is 1. The predicted octanol–water partition coefficient (Wildman–Crippen LogP) is 2.68. The van der Waals surface area contributed by atoms with Crippen LogP contribution in [0.2, 0.25) is 0 Å². The second kappa shape index (κ2) is 4.16. The summed E-state index contributed by atoms with van der Waals surface area (Å²) in [5.41, 5.74) is 0. The van der Waals surface area contributed by atoms with E-state index in [2.05, 4.69) is 15.9 Å². The fourth-order valence-corrected chi connectivity index (χ4v) is 5.65. The topological polar surface area (TPSA) is 37.4 Å². The summed E-state index contributed by atoms with van der Waals surface area (Å²) in [6, 6.07) is 3.57. The van der Waals surface area contributed by atoms with Crippen LogP contribution in [0.25, 0.3) is 0 Å². The Morgan fingerprint density at radius 2 is 2.27 bits per heavy atom. The van der Waals surface area contributed by atoms with Gasteiger partial charge in [0.1, 0.15) is 4.21 Å². The second-order valence-electron chi connectivity index (χ2n) is 3.67. The van der Waals surface area contributed by atoms with Crippen LogP contribution in [0.3, 0.4) is 0 Å². The number of rotatable bonds is 2. The SMILES string of the molecule is C[C@@H]1CCCN1S(=O)(=O)c1ccc(Br)s1. The molecule has 6 heteroatoms. The van der Waals surface area contributed by atoms with Gasteiger partial charge in [0, 0.05) is 12.6 Å². The molecule has 0 N–H and O–H groups in total. The van der Waals surface area contributed by atoms with Crippen molar-refractivity contribution in [3.8, 4) is 0 Å². The van der Waals surface area contributed by atoms with E-state index in [1.54, 1.807) is 16.4 Å². The molecule has 0 amide bonds. The van der Waals surface area contributed by atoms with Crippen LogP contribution in [-0.2, 0) is 10.0 Å². The highest BCUT2D eigenvalue weighted by Crippen LogP contribution is 2.31. The molecule has 1 aromatic rings. The van der Waals surface area contributed by atoms with Gasteiger partial charge in [0.25, 0.3) is 10.0 Å². The molecule has 1 aliphatic rings. The molecular formula is C9H12BrNO2S2. The van der Waals surface area contributed by atoms with Gasteiger partial charge in [-0.3, -0.25) is 0 Å². The molecule has 2 rings (SSSR count). The Morgan fingerprint density at radius 1 is 1.53 bits per heavy atom. The Kier molecular flexibility index (Phi) is 3.21. The number of hydrogen-bond acceptors (Lipinski definition) is 3. The zero-order valence-electron chi connectivity index (χ0n) is 8.31. The molecule has 1 fully saturated rings. The average molecular weight is 310 g/mol. The lowest BCUT2D eigenvalue weighted by Crippen LogP contribution is -2.33. The number of hydrogen-bond donors (Lipinski definition) is 0. The summed E-state index contributed by atoms with van der Waals surface area (Å²) < 4.78 is 27.2. The van der Waals surface area contributed by atoms with E-state index in [-0.39, 0.29) is 6.04 Å². The average Bonchev–Trinajstić information content (AvgIpc) is 2.74. The van der Waals surface area contributed by atoms with Gasteiger partial charge < -0.3 is 0 Å². The number of thiophene rings is 1. The Morgan fingerprint density at radius 3 is 2.73 bits per heavy atom. The third-order valence-electron chi connectivity index (χ3n) is 2.60. The molecule has 0 aliphatic carbocycles. The minimum Gasteiger partial charge on any atom is -0.206 e. The zero-order chi connectivity index (χ0) is 11.1. The monoisotopic (exact) mass is 309 g/mol. The third-order valence-corrected chi connectivity index (χ3v) is 6.71. The maximum Gasteiger partial charge on any atom is 0.252 e. The van der Waals surface area contributed by atoms with Crippen LogP contribution in [-0.4, -0.2) is 25.3 Å². The summed E-state index contributed by atoms with van der Waals surface area (Å²) >= 11 is 4.55. The Bertz CT molecular complexity index is 454. The summed E-state index contributed by atoms with van der Waals surface area (Å²) in [6.45, 7) is 2.62. The van der Waals surface area contributed by atoms with Crippen LogP contribution in [0.4, 0.5) is 0 Å². The van der Waals surface area contributed by atoms with E-state index in [1.165, 1.54) is 11.3 Å². The quantitative estimate of drug-likeness (QED) is 0.842. The Balaban J connectivity index is 2.34. The highest BCUT2D eigenvalue weighted by Gasteiger charge is 2.33. The van der Waals surface area contributed by atoms with Gasteiger partial charge in [-0.15, -0.1) is 11.3 Å². The maximum absolute atomic E-state index is 12.2. The van der Waals surface area contributed by atoms with E-state index < -0.39 is 10.0 Å². The van der Waals surface area contributed by atoms with Crippen molar-refractivity contribution in [2.24, 2.45) is 0 Å². The van der Waals surface area contributed by atoms with Gasteiger partial charge in [-0.05, 0) is 47.8 Å². The molecule has 3 nitrogen and oxygen atoms in total. The van der Waals surface area contributed by atoms with E-state index >= 15 is 0 Å². The summed E-state index contributed by atoms with van der Waals surface area (Å²) in [5, 5.41) is 0. The van der Waals surface area contributed by atoms with E-state index in [0.717, 1.165) is 16.6 Å². The fraction of sp³-hybridized carbons (Fsp3) is 0.556. The minimum absolute atomic E-state index is 0.135. The van der Waals surface area contributed by atoms with Gasteiger partial charge in [-0.2, -0.15) is 4.31 Å². The highest BCUT2D eigenvalue weighted by molar-refractivity contribution is 9.11. The Labute approximate surface area is 102 Å². The number of nitrogens with zero attached hydrogens (tertiary/aromatic N) is 1. The molecule has 0 saturated carbocycles. The van der Waals surface area contributed by atoms with Gasteiger partial charge in [0.2, 0.25) is 0 Å². The molecule has 0 bridgehead atoms. The smallest absolute Gasteiger partial charge is 0.206 e. The van der Waals surface area contributed by atoms with Gasteiger partial charge in [0.15, 0.2) is 0 Å². The fourth-order valence-electron chi connectivity index (χ4n) is 1.82. The molecule has 15 heavy (non-hydrogen) atoms. The molecule has 0 unspecified atom stereocenters. The van der Waals surface area contributed by atoms with Crippen LogP contribution in [0.1, 0.15) is 19.8 Å². The van der Waals surface area contributed by atoms with Crippen LogP contribution in [0, 0.1) is 0 Å². The van der Waals surface area contributed by atoms with Crippen LogP contribution >= 0.6 is 27.3 Å². The van der Waals surface area contributed by atoms with Crippen molar-refractivity contribution in [1.29, 1.82) is 0 Å². The second-order valence-corrected chi connectivity index (χ2v) is 8.25. The van der Waals surface area contributed by atoms with Crippen LogP contribution < -0.4 is 0 Å². The van der Waals surface area contributed by atoms with Crippen LogP contribution in [0.5, 0.6) is 0 Å². The van der Waals surface area contributed by atoms with Gasteiger partial charge >= 0.3 is 0 Å². The molecule has 2 heterocycles. The number of sulfonamides is 1. The molecule has 0 spiro atoms. The van der Waals surface area contributed by atoms with Crippen molar-refractivity contribution in [3.05, 3.63) is 15.9 Å². The van der Waals surface area contributed by atoms with Crippen molar-refractivity contribution in [1.82, 2.24) is 4.31 Å². The lowest BCUT2D eigenvalue weighted by atomic mass is 10.3. The predicted molar refractivity (Wildman–Crippen MR) is 64.6 cm³/mol. The van der Waals surface area contributed by atoms with Gasteiger partial charge in [-0.1, -0.05) is 0 Å². The molecule has 0 aromatic carbocycles. The van der Waals surface area contributed by atoms with Crippen molar-refractivity contribution >= 4 is 37.3 Å². The minimum atomic E-state index is -3.25. The molecular weight excluding hydrogens is 298 g/mol. The molecule has 84 valence electrons. The largest absolute Gasteiger partial charge is 0.252 e. The summed E-state index contributed by atoms with van der Waals surface area (Å²) in [7, 11) is -3.25. The Hall–Kier alpha value is 0.0900. The first-order valence-electron chi connectivity index (χ1n) is 4.79. The highest BCUT2D eigenvalue weighted by atomic mass is 79.9. The van der Waals surface area contributed by atoms with Crippen molar-refractivity contribution in [3.63, 3.8) is 0 Å². The van der Waals surface area contributed by atoms with Crippen molar-refractivity contribution in [2.45, 2.75) is 30.0 Å². The first kappa shape index (κ1) is 11.6. The molecule has 1 atom stereocenters. The van der Waals surface area contributed by atoms with Gasteiger partial charge in [0.05, 0.1) is 3.79 Å². The summed E-state index contributed by atoms with van der Waals surface area (Å²) in [5.74, 6) is 0. The molecule has 0 radical (unpaired) electrons.